The van der Waals surface area contributed by atoms with Gasteiger partial charge in [-0.3, -0.25) is 4.79 Å². The maximum Gasteiger partial charge on any atom is 0.237 e. The molecule has 1 amide bonds. The number of amides is 1. The third-order valence-corrected chi connectivity index (χ3v) is 5.63. The van der Waals surface area contributed by atoms with E-state index in [2.05, 4.69) is 15.5 Å². The zero-order chi connectivity index (χ0) is 22.4. The molecular formula is C22H27N5O3S. The van der Waals surface area contributed by atoms with Gasteiger partial charge in [-0.1, -0.05) is 30.0 Å². The Kier molecular flexibility index (Phi) is 7.41. The number of thioether (sulfide) groups is 1. The lowest BCUT2D eigenvalue weighted by Crippen LogP contribution is -2.24. The number of aromatic nitrogens is 3. The van der Waals surface area contributed by atoms with Gasteiger partial charge >= 0.3 is 0 Å². The second kappa shape index (κ2) is 10.2. The minimum absolute atomic E-state index is 0.162. The summed E-state index contributed by atoms with van der Waals surface area (Å²) in [5.41, 5.74) is 2.77. The van der Waals surface area contributed by atoms with Gasteiger partial charge in [0, 0.05) is 5.69 Å². The molecule has 8 nitrogen and oxygen atoms in total. The summed E-state index contributed by atoms with van der Waals surface area (Å²) in [5.74, 6) is 8.02. The first-order chi connectivity index (χ1) is 14.9. The van der Waals surface area contributed by atoms with Crippen molar-refractivity contribution in [1.29, 1.82) is 0 Å². The van der Waals surface area contributed by atoms with E-state index in [1.54, 1.807) is 19.1 Å². The number of carbonyl (C=O) groups excluding carboxylic acids is 1. The minimum atomic E-state index is -0.426. The Bertz CT molecular complexity index is 1020. The van der Waals surface area contributed by atoms with Gasteiger partial charge in [0.15, 0.2) is 5.82 Å². The topological polar surface area (TPSA) is 104 Å². The number of nitrogens with two attached hydrogens (primary N) is 1. The lowest BCUT2D eigenvalue weighted by atomic mass is 10.1. The van der Waals surface area contributed by atoms with Crippen LogP contribution in [0.5, 0.6) is 11.5 Å². The van der Waals surface area contributed by atoms with E-state index in [4.69, 9.17) is 15.3 Å². The summed E-state index contributed by atoms with van der Waals surface area (Å²) in [6.07, 6.45) is 0. The van der Waals surface area contributed by atoms with Crippen LogP contribution in [0.2, 0.25) is 0 Å². The molecule has 0 aliphatic rings. The molecule has 3 N–H and O–H groups in total. The Balaban J connectivity index is 1.58. The lowest BCUT2D eigenvalue weighted by Gasteiger charge is -2.13. The summed E-state index contributed by atoms with van der Waals surface area (Å²) >= 11 is 1.23. The van der Waals surface area contributed by atoms with Gasteiger partial charge in [-0.2, -0.15) is 0 Å². The van der Waals surface area contributed by atoms with E-state index in [1.807, 2.05) is 51.1 Å². The van der Waals surface area contributed by atoms with Crippen LogP contribution in [-0.4, -0.2) is 32.6 Å². The molecule has 0 bridgehead atoms. The fraction of sp³-hybridized carbons (Fsp3) is 0.318. The monoisotopic (exact) mass is 441 g/mol. The smallest absolute Gasteiger partial charge is 0.237 e. The SMILES string of the molecule is CCOc1ccc(NC(=O)C(C)Sc2nnc(COc3c(C)cccc3C)n2N)cc1. The highest BCUT2D eigenvalue weighted by Crippen LogP contribution is 2.25. The van der Waals surface area contributed by atoms with E-state index < -0.39 is 5.25 Å². The number of benzene rings is 2. The normalized spacial score (nSPS) is 11.7. The first kappa shape index (κ1) is 22.5. The Hall–Kier alpha value is -3.20. The van der Waals surface area contributed by atoms with Crippen molar-refractivity contribution >= 4 is 23.4 Å². The number of anilines is 1. The number of nitrogens with zero attached hydrogens (tertiary/aromatic N) is 3. The number of ether oxygens (including phenoxy) is 2. The zero-order valence-electron chi connectivity index (χ0n) is 18.1. The lowest BCUT2D eigenvalue weighted by molar-refractivity contribution is -0.115. The Morgan fingerprint density at radius 3 is 2.45 bits per heavy atom. The van der Waals surface area contributed by atoms with Crippen molar-refractivity contribution in [2.45, 2.75) is 44.7 Å². The second-order valence-electron chi connectivity index (χ2n) is 6.99. The van der Waals surface area contributed by atoms with E-state index in [1.165, 1.54) is 16.4 Å². The van der Waals surface area contributed by atoms with Gasteiger partial charge in [0.05, 0.1) is 11.9 Å². The second-order valence-corrected chi connectivity index (χ2v) is 8.29. The van der Waals surface area contributed by atoms with Crippen molar-refractivity contribution in [3.05, 3.63) is 59.4 Å². The molecule has 31 heavy (non-hydrogen) atoms. The first-order valence-electron chi connectivity index (χ1n) is 9.97. The zero-order valence-corrected chi connectivity index (χ0v) is 18.9. The number of nitrogen functional groups attached to an aromatic ring is 1. The molecule has 0 saturated carbocycles. The van der Waals surface area contributed by atoms with Gasteiger partial charge in [-0.05, 0) is 63.1 Å². The molecule has 1 unspecified atom stereocenters. The fourth-order valence-electron chi connectivity index (χ4n) is 2.91. The number of nitrogens with one attached hydrogen (secondary N) is 1. The van der Waals surface area contributed by atoms with Crippen LogP contribution in [0.1, 0.15) is 30.8 Å². The number of carbonyl (C=O) groups is 1. The van der Waals surface area contributed by atoms with Crippen molar-refractivity contribution in [2.24, 2.45) is 0 Å². The van der Waals surface area contributed by atoms with E-state index in [9.17, 15) is 4.79 Å². The number of rotatable bonds is 9. The summed E-state index contributed by atoms with van der Waals surface area (Å²) in [4.78, 5) is 12.5. The summed E-state index contributed by atoms with van der Waals surface area (Å²) in [6, 6.07) is 13.2. The van der Waals surface area contributed by atoms with E-state index in [0.717, 1.165) is 22.6 Å². The number of hydrogen-bond acceptors (Lipinski definition) is 7. The van der Waals surface area contributed by atoms with E-state index in [0.29, 0.717) is 23.3 Å². The number of aryl methyl sites for hydroxylation is 2. The van der Waals surface area contributed by atoms with Gasteiger partial charge in [-0.15, -0.1) is 10.2 Å². The van der Waals surface area contributed by atoms with Gasteiger partial charge in [0.25, 0.3) is 0 Å². The Morgan fingerprint density at radius 2 is 1.81 bits per heavy atom. The maximum absolute atomic E-state index is 12.5. The predicted octanol–water partition coefficient (Wildman–Crippen LogP) is 3.71. The molecule has 3 aromatic rings. The predicted molar refractivity (Wildman–Crippen MR) is 122 cm³/mol. The molecule has 1 aromatic heterocycles. The molecule has 0 saturated heterocycles. The van der Waals surface area contributed by atoms with Crippen molar-refractivity contribution < 1.29 is 14.3 Å². The highest BCUT2D eigenvalue weighted by Gasteiger charge is 2.20. The molecule has 0 aliphatic carbocycles. The minimum Gasteiger partial charge on any atom is -0.494 e. The average molecular weight is 442 g/mol. The summed E-state index contributed by atoms with van der Waals surface area (Å²) in [7, 11) is 0. The van der Waals surface area contributed by atoms with Crippen molar-refractivity contribution in [3.63, 3.8) is 0 Å². The van der Waals surface area contributed by atoms with Crippen LogP contribution in [0.4, 0.5) is 5.69 Å². The summed E-state index contributed by atoms with van der Waals surface area (Å²) in [6.45, 7) is 8.46. The quantitative estimate of drug-likeness (QED) is 0.385. The Morgan fingerprint density at radius 1 is 1.13 bits per heavy atom. The molecule has 3 rings (SSSR count). The molecule has 1 heterocycles. The molecule has 1 atom stereocenters. The van der Waals surface area contributed by atoms with E-state index in [-0.39, 0.29) is 12.5 Å². The highest BCUT2D eigenvalue weighted by atomic mass is 32.2. The van der Waals surface area contributed by atoms with Gasteiger partial charge in [0.2, 0.25) is 11.1 Å². The molecule has 0 fully saturated rings. The molecule has 9 heteroatoms. The summed E-state index contributed by atoms with van der Waals surface area (Å²) < 4.78 is 12.7. The van der Waals surface area contributed by atoms with Crippen LogP contribution in [-0.2, 0) is 11.4 Å². The molecule has 0 spiro atoms. The third-order valence-electron chi connectivity index (χ3n) is 4.57. The van der Waals surface area contributed by atoms with Crippen LogP contribution in [0, 0.1) is 13.8 Å². The average Bonchev–Trinajstić information content (AvgIpc) is 3.08. The number of hydrogen-bond donors (Lipinski definition) is 2. The van der Waals surface area contributed by atoms with Crippen molar-refractivity contribution in [3.8, 4) is 11.5 Å². The molecular weight excluding hydrogens is 414 g/mol. The largest absolute Gasteiger partial charge is 0.494 e. The van der Waals surface area contributed by atoms with Crippen LogP contribution in [0.3, 0.4) is 0 Å². The van der Waals surface area contributed by atoms with E-state index >= 15 is 0 Å². The molecule has 0 aliphatic heterocycles. The van der Waals surface area contributed by atoms with Crippen LogP contribution >= 0.6 is 11.8 Å². The fourth-order valence-corrected chi connectivity index (χ4v) is 3.70. The molecule has 2 aromatic carbocycles. The van der Waals surface area contributed by atoms with Crippen LogP contribution in [0.25, 0.3) is 0 Å². The highest BCUT2D eigenvalue weighted by molar-refractivity contribution is 8.00. The Labute approximate surface area is 186 Å². The summed E-state index contributed by atoms with van der Waals surface area (Å²) in [5, 5.41) is 11.1. The van der Waals surface area contributed by atoms with Crippen LogP contribution in [0.15, 0.2) is 47.6 Å². The van der Waals surface area contributed by atoms with Gasteiger partial charge < -0.3 is 20.6 Å². The van der Waals surface area contributed by atoms with Gasteiger partial charge in [-0.25, -0.2) is 4.68 Å². The maximum atomic E-state index is 12.5. The molecule has 0 radical (unpaired) electrons. The first-order valence-corrected chi connectivity index (χ1v) is 10.9. The van der Waals surface area contributed by atoms with Gasteiger partial charge in [0.1, 0.15) is 18.1 Å². The van der Waals surface area contributed by atoms with Crippen molar-refractivity contribution in [2.75, 3.05) is 17.8 Å². The third kappa shape index (κ3) is 5.69. The molecule has 164 valence electrons. The number of para-hydroxylation sites is 1. The van der Waals surface area contributed by atoms with Crippen molar-refractivity contribution in [1.82, 2.24) is 14.9 Å². The standard InChI is InChI=1S/C22H27N5O3S/c1-5-29-18-11-9-17(10-12-18)24-21(28)16(4)31-22-26-25-19(27(22)23)13-30-20-14(2)7-6-8-15(20)3/h6-12,16H,5,13,23H2,1-4H3,(H,24,28). The van der Waals surface area contributed by atoms with Crippen LogP contribution < -0.4 is 20.6 Å².